The van der Waals surface area contributed by atoms with E-state index in [1.807, 2.05) is 21.1 Å². The number of esters is 2. The summed E-state index contributed by atoms with van der Waals surface area (Å²) in [5.74, 6) is -0.875. The van der Waals surface area contributed by atoms with Crippen molar-refractivity contribution in [2.75, 3.05) is 47.5 Å². The van der Waals surface area contributed by atoms with E-state index in [2.05, 4.69) is 160 Å². The minimum Gasteiger partial charge on any atom is -0.462 e. The third kappa shape index (κ3) is 65.0. The van der Waals surface area contributed by atoms with Crippen molar-refractivity contribution < 1.29 is 42.1 Å². The third-order valence-corrected chi connectivity index (χ3v) is 14.3. The van der Waals surface area contributed by atoms with Gasteiger partial charge in [0, 0.05) is 12.8 Å². The van der Waals surface area contributed by atoms with Gasteiger partial charge in [-0.3, -0.25) is 18.6 Å². The van der Waals surface area contributed by atoms with Gasteiger partial charge in [0.1, 0.15) is 19.8 Å². The fourth-order valence-electron chi connectivity index (χ4n) is 8.38. The molecular formula is C72H121NO8P+. The van der Waals surface area contributed by atoms with Crippen LogP contribution in [-0.4, -0.2) is 74.9 Å². The molecule has 9 nitrogen and oxygen atoms in total. The Morgan fingerprint density at radius 2 is 0.707 bits per heavy atom. The van der Waals surface area contributed by atoms with Crippen LogP contribution in [0.15, 0.2) is 146 Å². The number of carbonyl (C=O) groups excluding carboxylic acids is 2. The number of nitrogens with zero attached hydrogens (tertiary/aromatic N) is 1. The summed E-state index contributed by atoms with van der Waals surface area (Å²) in [4.78, 5) is 35.8. The Bertz CT molecular complexity index is 1890. The van der Waals surface area contributed by atoms with Crippen molar-refractivity contribution in [1.29, 1.82) is 0 Å². The highest BCUT2D eigenvalue weighted by Gasteiger charge is 2.27. The average molecular weight is 1160 g/mol. The quantitative estimate of drug-likeness (QED) is 0.0211. The lowest BCUT2D eigenvalue weighted by molar-refractivity contribution is -0.870. The van der Waals surface area contributed by atoms with E-state index in [4.69, 9.17) is 18.5 Å². The van der Waals surface area contributed by atoms with Crippen LogP contribution in [0.5, 0.6) is 0 Å². The number of phosphoric ester groups is 1. The van der Waals surface area contributed by atoms with E-state index < -0.39 is 26.5 Å². The van der Waals surface area contributed by atoms with Crippen LogP contribution in [0.25, 0.3) is 0 Å². The monoisotopic (exact) mass is 1160 g/mol. The minimum atomic E-state index is -4.42. The van der Waals surface area contributed by atoms with E-state index in [9.17, 15) is 19.0 Å². The van der Waals surface area contributed by atoms with E-state index in [1.54, 1.807) is 0 Å². The molecule has 2 unspecified atom stereocenters. The second kappa shape index (κ2) is 61.5. The van der Waals surface area contributed by atoms with Gasteiger partial charge in [-0.1, -0.05) is 262 Å². The minimum absolute atomic E-state index is 0.0128. The first-order valence-corrected chi connectivity index (χ1v) is 34.1. The molecule has 82 heavy (non-hydrogen) atoms. The van der Waals surface area contributed by atoms with Crippen LogP contribution in [0, 0.1) is 0 Å². The molecule has 0 fully saturated rings. The number of hydrogen-bond acceptors (Lipinski definition) is 7. The smallest absolute Gasteiger partial charge is 0.462 e. The normalized spacial score (nSPS) is 14.2. The topological polar surface area (TPSA) is 108 Å². The van der Waals surface area contributed by atoms with Crippen molar-refractivity contribution >= 4 is 19.8 Å². The van der Waals surface area contributed by atoms with Gasteiger partial charge >= 0.3 is 19.8 Å². The van der Waals surface area contributed by atoms with Crippen LogP contribution in [0.3, 0.4) is 0 Å². The number of rotatable bonds is 58. The van der Waals surface area contributed by atoms with Crippen molar-refractivity contribution in [3.8, 4) is 0 Å². The Morgan fingerprint density at radius 1 is 0.390 bits per heavy atom. The predicted molar refractivity (Wildman–Crippen MR) is 353 cm³/mol. The molecule has 0 aliphatic heterocycles. The molecule has 0 amide bonds. The van der Waals surface area contributed by atoms with Gasteiger partial charge in [-0.2, -0.15) is 0 Å². The number of allylic oxidation sites excluding steroid dienone is 24. The predicted octanol–water partition coefficient (Wildman–Crippen LogP) is 21.0. The maximum Gasteiger partial charge on any atom is 0.472 e. The highest BCUT2D eigenvalue weighted by Crippen LogP contribution is 2.43. The molecule has 1 N–H and O–H groups in total. The molecule has 0 saturated carbocycles. The molecule has 10 heteroatoms. The van der Waals surface area contributed by atoms with E-state index in [-0.39, 0.29) is 32.0 Å². The highest BCUT2D eigenvalue weighted by molar-refractivity contribution is 7.47. The number of unbranched alkanes of at least 4 members (excludes halogenated alkanes) is 20. The van der Waals surface area contributed by atoms with E-state index in [1.165, 1.54) is 116 Å². The summed E-state index contributed by atoms with van der Waals surface area (Å²) in [7, 11) is 1.42. The Hall–Kier alpha value is -4.11. The highest BCUT2D eigenvalue weighted by atomic mass is 31.2. The first-order valence-electron chi connectivity index (χ1n) is 32.6. The zero-order chi connectivity index (χ0) is 59.8. The SMILES string of the molecule is CC/C=C\C/C=C\C/C=C\C/C=C\C/C=C\C/C=C\C/C=C\C/C=C\C/C=C\CCCC(=O)OC(COC(=O)CCCCCCCCCCCCCCCC/C=C\C/C=C\C/C=C\CCCCCCC)COP(=O)(O)OCC[N+](C)(C)C. The van der Waals surface area contributed by atoms with Crippen molar-refractivity contribution in [2.45, 2.75) is 251 Å². The molecular weight excluding hydrogens is 1040 g/mol. The van der Waals surface area contributed by atoms with Gasteiger partial charge in [0.05, 0.1) is 27.7 Å². The second-order valence-corrected chi connectivity index (χ2v) is 23.9. The zero-order valence-corrected chi connectivity index (χ0v) is 53.8. The van der Waals surface area contributed by atoms with Crippen LogP contribution in [0.1, 0.15) is 245 Å². The molecule has 0 heterocycles. The first-order chi connectivity index (χ1) is 40.0. The van der Waals surface area contributed by atoms with Gasteiger partial charge in [-0.05, 0) is 116 Å². The number of carbonyl (C=O) groups is 2. The largest absolute Gasteiger partial charge is 0.472 e. The van der Waals surface area contributed by atoms with Gasteiger partial charge in [0.15, 0.2) is 6.10 Å². The molecule has 2 atom stereocenters. The lowest BCUT2D eigenvalue weighted by Crippen LogP contribution is -2.37. The molecule has 0 saturated heterocycles. The van der Waals surface area contributed by atoms with Gasteiger partial charge in [0.2, 0.25) is 0 Å². The average Bonchev–Trinajstić information content (AvgIpc) is 3.45. The van der Waals surface area contributed by atoms with Gasteiger partial charge < -0.3 is 18.9 Å². The standard InChI is InChI=1S/C72H120NO8P/c1-6-8-10-12-14-16-18-20-22-24-26-28-30-32-34-36-38-40-42-44-46-48-50-52-54-56-58-60-62-64-71(74)78-68-70(69-80-82(76,77)79-67-66-73(3,4)5)81-72(75)65-63-61-59-57-55-53-51-49-47-45-43-41-39-37-35-33-31-29-27-25-23-21-19-17-15-13-11-9-7-2/h9,11,15,17-18,20-21,23-24,26-27,29-30,32-33,35,39,41,45,47,51,53,57,59,70H,6-8,10,12-14,16,19,22,25,28,31,34,36-38,40,42-44,46,48-50,52,54-56,58,60-69H2,1-5H3/p+1/b11-9-,17-15-,20-18-,23-21-,26-24-,29-27-,32-30-,35-33-,41-39-,47-45-,53-51-,59-57-. The van der Waals surface area contributed by atoms with Gasteiger partial charge in [-0.15, -0.1) is 0 Å². The molecule has 0 aromatic carbocycles. The van der Waals surface area contributed by atoms with Crippen LogP contribution >= 0.6 is 7.82 Å². The number of quaternary nitrogens is 1. The van der Waals surface area contributed by atoms with E-state index in [0.29, 0.717) is 23.9 Å². The fraction of sp³-hybridized carbons (Fsp3) is 0.639. The molecule has 0 aliphatic carbocycles. The van der Waals surface area contributed by atoms with E-state index >= 15 is 0 Å². The molecule has 0 spiro atoms. The summed E-state index contributed by atoms with van der Waals surface area (Å²) < 4.78 is 34.6. The summed E-state index contributed by atoms with van der Waals surface area (Å²) in [5.41, 5.74) is 0. The Balaban J connectivity index is 4.24. The molecule has 0 aromatic rings. The van der Waals surface area contributed by atoms with Crippen LogP contribution < -0.4 is 0 Å². The van der Waals surface area contributed by atoms with Gasteiger partial charge in [0.25, 0.3) is 0 Å². The summed E-state index contributed by atoms with van der Waals surface area (Å²) in [6.45, 7) is 4.23. The molecule has 0 aliphatic rings. The molecule has 0 aromatic heterocycles. The summed E-state index contributed by atoms with van der Waals surface area (Å²) >= 11 is 0. The van der Waals surface area contributed by atoms with Crippen molar-refractivity contribution in [1.82, 2.24) is 0 Å². The number of ether oxygens (including phenoxy) is 2. The molecule has 466 valence electrons. The Kier molecular flexibility index (Phi) is 58.4. The molecule has 0 radical (unpaired) electrons. The van der Waals surface area contributed by atoms with Crippen LogP contribution in [0.4, 0.5) is 0 Å². The summed E-state index contributed by atoms with van der Waals surface area (Å²) in [6.07, 6.45) is 90.8. The van der Waals surface area contributed by atoms with Gasteiger partial charge in [-0.25, -0.2) is 4.57 Å². The maximum absolute atomic E-state index is 12.8. The van der Waals surface area contributed by atoms with Crippen molar-refractivity contribution in [3.05, 3.63) is 146 Å². The number of phosphoric acid groups is 1. The second-order valence-electron chi connectivity index (χ2n) is 22.4. The first kappa shape index (κ1) is 77.9. The molecule has 0 bridgehead atoms. The van der Waals surface area contributed by atoms with E-state index in [0.717, 1.165) is 89.9 Å². The summed E-state index contributed by atoms with van der Waals surface area (Å²) in [6, 6.07) is 0. The molecule has 0 rings (SSSR count). The van der Waals surface area contributed by atoms with Crippen molar-refractivity contribution in [2.24, 2.45) is 0 Å². The van der Waals surface area contributed by atoms with Crippen molar-refractivity contribution in [3.63, 3.8) is 0 Å². The summed E-state index contributed by atoms with van der Waals surface area (Å²) in [5, 5.41) is 0. The fourth-order valence-corrected chi connectivity index (χ4v) is 9.12. The number of likely N-dealkylation sites (N-methyl/N-ethyl adjacent to an activating group) is 1. The maximum atomic E-state index is 12.8. The number of hydrogen-bond donors (Lipinski definition) is 1. The Labute approximate surface area is 503 Å². The van der Waals surface area contributed by atoms with Crippen LogP contribution in [0.2, 0.25) is 0 Å². The zero-order valence-electron chi connectivity index (χ0n) is 52.9. The lowest BCUT2D eigenvalue weighted by Gasteiger charge is -2.24. The lowest BCUT2D eigenvalue weighted by atomic mass is 10.0. The van der Waals surface area contributed by atoms with Crippen LogP contribution in [-0.2, 0) is 32.7 Å². The Morgan fingerprint density at radius 3 is 1.07 bits per heavy atom. The third-order valence-electron chi connectivity index (χ3n) is 13.4.